The van der Waals surface area contributed by atoms with Crippen LogP contribution in [0.2, 0.25) is 0 Å². The fourth-order valence-corrected chi connectivity index (χ4v) is 4.25. The minimum absolute atomic E-state index is 0.0891. The first-order chi connectivity index (χ1) is 15.6. The number of fused-ring (bicyclic) bond motifs is 3. The summed E-state index contributed by atoms with van der Waals surface area (Å²) >= 11 is 0. The Bertz CT molecular complexity index is 1210. The highest BCUT2D eigenvalue weighted by Gasteiger charge is 2.42. The highest BCUT2D eigenvalue weighted by Crippen LogP contribution is 2.51. The SMILES string of the molecule is COC(=O)c1ccc([C@@H]2Oc3c(OC)cccc3[C@@H]3CC(c4ccccc4O)=NN32)cc1. The Balaban J connectivity index is 1.59. The topological polar surface area (TPSA) is 80.6 Å². The zero-order valence-corrected chi connectivity index (χ0v) is 17.7. The normalized spacial score (nSPS) is 18.8. The van der Waals surface area contributed by atoms with Gasteiger partial charge in [0.05, 0.1) is 31.5 Å². The molecule has 3 aromatic rings. The monoisotopic (exact) mass is 430 g/mol. The van der Waals surface area contributed by atoms with Gasteiger partial charge in [-0.2, -0.15) is 5.10 Å². The molecule has 0 radical (unpaired) electrons. The summed E-state index contributed by atoms with van der Waals surface area (Å²) in [6.07, 6.45) is 0.0801. The lowest BCUT2D eigenvalue weighted by Crippen LogP contribution is -2.33. The maximum atomic E-state index is 11.8. The van der Waals surface area contributed by atoms with Crippen molar-refractivity contribution in [3.8, 4) is 17.2 Å². The third kappa shape index (κ3) is 3.22. The van der Waals surface area contributed by atoms with Crippen molar-refractivity contribution >= 4 is 11.7 Å². The van der Waals surface area contributed by atoms with E-state index in [2.05, 4.69) is 0 Å². The lowest BCUT2D eigenvalue weighted by atomic mass is 9.95. The number of hydrogen-bond donors (Lipinski definition) is 1. The second-order valence-electron chi connectivity index (χ2n) is 7.63. The van der Waals surface area contributed by atoms with E-state index in [1.165, 1.54) is 7.11 Å². The van der Waals surface area contributed by atoms with Crippen molar-refractivity contribution in [3.63, 3.8) is 0 Å². The molecule has 0 spiro atoms. The van der Waals surface area contributed by atoms with E-state index in [4.69, 9.17) is 19.3 Å². The Morgan fingerprint density at radius 1 is 1.06 bits per heavy atom. The van der Waals surface area contributed by atoms with Crippen molar-refractivity contribution < 1.29 is 24.1 Å². The highest BCUT2D eigenvalue weighted by molar-refractivity contribution is 6.04. The fraction of sp³-hybridized carbons (Fsp3) is 0.200. The van der Waals surface area contributed by atoms with Gasteiger partial charge in [-0.05, 0) is 30.3 Å². The second kappa shape index (κ2) is 7.92. The minimum atomic E-state index is -0.529. The summed E-state index contributed by atoms with van der Waals surface area (Å²) in [5.41, 5.74) is 3.75. The fourth-order valence-electron chi connectivity index (χ4n) is 4.25. The Hall–Kier alpha value is -4.00. The number of hydrazone groups is 1. The number of carbonyl (C=O) groups is 1. The largest absolute Gasteiger partial charge is 0.507 e. The third-order valence-electron chi connectivity index (χ3n) is 5.83. The van der Waals surface area contributed by atoms with Crippen LogP contribution in [0.4, 0.5) is 0 Å². The van der Waals surface area contributed by atoms with Crippen LogP contribution in [0.3, 0.4) is 0 Å². The first-order valence-corrected chi connectivity index (χ1v) is 10.3. The van der Waals surface area contributed by atoms with Gasteiger partial charge in [-0.15, -0.1) is 0 Å². The predicted molar refractivity (Wildman–Crippen MR) is 118 cm³/mol. The van der Waals surface area contributed by atoms with Gasteiger partial charge in [0.15, 0.2) is 11.5 Å². The van der Waals surface area contributed by atoms with Crippen molar-refractivity contribution in [2.75, 3.05) is 14.2 Å². The second-order valence-corrected chi connectivity index (χ2v) is 7.63. The molecule has 162 valence electrons. The van der Waals surface area contributed by atoms with Gasteiger partial charge in [-0.25, -0.2) is 9.80 Å². The van der Waals surface area contributed by atoms with E-state index in [0.717, 1.165) is 16.8 Å². The van der Waals surface area contributed by atoms with Crippen LogP contribution in [0.5, 0.6) is 17.2 Å². The summed E-state index contributed by atoms with van der Waals surface area (Å²) in [5, 5.41) is 17.1. The summed E-state index contributed by atoms with van der Waals surface area (Å²) in [5.74, 6) is 1.12. The van der Waals surface area contributed by atoms with E-state index in [9.17, 15) is 9.90 Å². The maximum Gasteiger partial charge on any atom is 0.337 e. The summed E-state index contributed by atoms with van der Waals surface area (Å²) in [7, 11) is 2.97. The molecule has 7 nitrogen and oxygen atoms in total. The molecule has 2 aliphatic rings. The molecule has 0 saturated carbocycles. The van der Waals surface area contributed by atoms with Gasteiger partial charge in [0.1, 0.15) is 5.75 Å². The van der Waals surface area contributed by atoms with Gasteiger partial charge in [0, 0.05) is 23.1 Å². The number of nitrogens with zero attached hydrogens (tertiary/aromatic N) is 2. The van der Waals surface area contributed by atoms with Crippen LogP contribution in [0.25, 0.3) is 0 Å². The third-order valence-corrected chi connectivity index (χ3v) is 5.83. The number of aromatic hydroxyl groups is 1. The van der Waals surface area contributed by atoms with Crippen LogP contribution in [-0.4, -0.2) is 36.0 Å². The minimum Gasteiger partial charge on any atom is -0.507 e. The standard InChI is InChI=1S/C25H22N2O5/c1-30-22-9-5-7-18-20-14-19(17-6-3-4-8-21(17)28)26-27(20)24(32-23(18)22)15-10-12-16(13-11-15)25(29)31-2/h3-13,20,24,28H,14H2,1-2H3/t20-,24-/m0/s1. The van der Waals surface area contributed by atoms with Crippen molar-refractivity contribution in [2.45, 2.75) is 18.7 Å². The zero-order valence-electron chi connectivity index (χ0n) is 17.7. The number of phenolic OH excluding ortho intramolecular Hbond substituents is 1. The molecule has 0 saturated heterocycles. The molecule has 7 heteroatoms. The van der Waals surface area contributed by atoms with E-state index < -0.39 is 12.2 Å². The van der Waals surface area contributed by atoms with Crippen LogP contribution >= 0.6 is 0 Å². The first kappa shape index (κ1) is 19.9. The van der Waals surface area contributed by atoms with Gasteiger partial charge in [-0.1, -0.05) is 36.4 Å². The number of para-hydroxylation sites is 2. The summed E-state index contributed by atoms with van der Waals surface area (Å²) in [6, 6.07) is 20.0. The molecular formula is C25H22N2O5. The number of rotatable bonds is 4. The van der Waals surface area contributed by atoms with E-state index in [0.29, 0.717) is 29.0 Å². The number of carbonyl (C=O) groups excluding carboxylic acids is 1. The molecule has 0 bridgehead atoms. The van der Waals surface area contributed by atoms with Gasteiger partial charge < -0.3 is 19.3 Å². The molecule has 0 aromatic heterocycles. The molecule has 3 aromatic carbocycles. The molecule has 2 aliphatic heterocycles. The van der Waals surface area contributed by atoms with Crippen LogP contribution < -0.4 is 9.47 Å². The van der Waals surface area contributed by atoms with E-state index >= 15 is 0 Å². The van der Waals surface area contributed by atoms with Crippen molar-refractivity contribution in [2.24, 2.45) is 5.10 Å². The Morgan fingerprint density at radius 2 is 1.84 bits per heavy atom. The van der Waals surface area contributed by atoms with E-state index in [1.54, 1.807) is 31.4 Å². The number of hydrogen-bond acceptors (Lipinski definition) is 7. The van der Waals surface area contributed by atoms with Gasteiger partial charge in [0.2, 0.25) is 6.23 Å². The number of phenols is 1. The number of esters is 1. The zero-order chi connectivity index (χ0) is 22.2. The predicted octanol–water partition coefficient (Wildman–Crippen LogP) is 4.43. The molecule has 2 heterocycles. The molecule has 0 unspecified atom stereocenters. The first-order valence-electron chi connectivity index (χ1n) is 10.3. The Kier molecular flexibility index (Phi) is 4.93. The van der Waals surface area contributed by atoms with Crippen molar-refractivity contribution in [1.82, 2.24) is 5.01 Å². The molecule has 1 N–H and O–H groups in total. The molecule has 5 rings (SSSR count). The summed E-state index contributed by atoms with van der Waals surface area (Å²) in [6.45, 7) is 0. The molecule has 2 atom stereocenters. The highest BCUT2D eigenvalue weighted by atomic mass is 16.5. The van der Waals surface area contributed by atoms with Crippen LogP contribution in [-0.2, 0) is 4.74 Å². The van der Waals surface area contributed by atoms with Gasteiger partial charge >= 0.3 is 5.97 Å². The van der Waals surface area contributed by atoms with Crippen LogP contribution in [0, 0.1) is 0 Å². The maximum absolute atomic E-state index is 11.8. The van der Waals surface area contributed by atoms with Crippen molar-refractivity contribution in [3.05, 3.63) is 89.0 Å². The molecular weight excluding hydrogens is 408 g/mol. The average molecular weight is 430 g/mol. The van der Waals surface area contributed by atoms with Gasteiger partial charge in [-0.3, -0.25) is 0 Å². The van der Waals surface area contributed by atoms with E-state index in [1.807, 2.05) is 47.5 Å². The lowest BCUT2D eigenvalue weighted by molar-refractivity contribution is -0.0209. The number of benzene rings is 3. The quantitative estimate of drug-likeness (QED) is 0.617. The summed E-state index contributed by atoms with van der Waals surface area (Å²) < 4.78 is 16.8. The van der Waals surface area contributed by atoms with Crippen molar-refractivity contribution in [1.29, 1.82) is 0 Å². The Morgan fingerprint density at radius 3 is 2.56 bits per heavy atom. The van der Waals surface area contributed by atoms with E-state index in [-0.39, 0.29) is 11.8 Å². The summed E-state index contributed by atoms with van der Waals surface area (Å²) in [4.78, 5) is 11.8. The Labute approximate surface area is 185 Å². The molecule has 0 aliphatic carbocycles. The molecule has 32 heavy (non-hydrogen) atoms. The number of ether oxygens (including phenoxy) is 3. The van der Waals surface area contributed by atoms with Gasteiger partial charge in [0.25, 0.3) is 0 Å². The number of methoxy groups -OCH3 is 2. The van der Waals surface area contributed by atoms with Crippen LogP contribution in [0.1, 0.15) is 45.7 Å². The molecule has 0 amide bonds. The lowest BCUT2D eigenvalue weighted by Gasteiger charge is -2.38. The smallest absolute Gasteiger partial charge is 0.337 e. The average Bonchev–Trinajstić information content (AvgIpc) is 3.28. The van der Waals surface area contributed by atoms with Crippen LogP contribution in [0.15, 0.2) is 71.8 Å². The molecule has 0 fully saturated rings.